The molecule has 0 bridgehead atoms. The zero-order chi connectivity index (χ0) is 15.2. The topological polar surface area (TPSA) is 66.3 Å². The first-order valence-corrected chi connectivity index (χ1v) is 7.81. The fraction of sp³-hybridized carbons (Fsp3) is 0.357. The van der Waals surface area contributed by atoms with Crippen LogP contribution in [0.1, 0.15) is 23.9 Å². The summed E-state index contributed by atoms with van der Waals surface area (Å²) < 4.78 is 0. The quantitative estimate of drug-likeness (QED) is 0.846. The van der Waals surface area contributed by atoms with Crippen LogP contribution in [-0.4, -0.2) is 27.8 Å². The summed E-state index contributed by atoms with van der Waals surface area (Å²) in [6.45, 7) is 2.97. The maximum absolute atomic E-state index is 10.8. The number of aliphatic carboxylic acids is 1. The first-order valence-electron chi connectivity index (χ1n) is 6.62. The van der Waals surface area contributed by atoms with Crippen molar-refractivity contribution in [3.63, 3.8) is 0 Å². The molecule has 0 aliphatic heterocycles. The Hall–Kier alpha value is -1.66. The third-order valence-electron chi connectivity index (χ3n) is 2.89. The summed E-state index contributed by atoms with van der Waals surface area (Å²) in [7, 11) is 0. The van der Waals surface area contributed by atoms with Crippen molar-refractivity contribution >= 4 is 34.0 Å². The molecular formula is C14H16ClN3O2S. The molecule has 0 aliphatic rings. The molecule has 0 saturated heterocycles. The van der Waals surface area contributed by atoms with E-state index in [1.54, 1.807) is 0 Å². The maximum atomic E-state index is 10.8. The Morgan fingerprint density at radius 3 is 2.86 bits per heavy atom. The Morgan fingerprint density at radius 2 is 2.24 bits per heavy atom. The van der Waals surface area contributed by atoms with E-state index in [0.717, 1.165) is 22.1 Å². The number of carboxylic acid groups (broad SMARTS) is 1. The summed E-state index contributed by atoms with van der Waals surface area (Å²) in [6.07, 6.45) is 0.878. The molecule has 5 nitrogen and oxygen atoms in total. The van der Waals surface area contributed by atoms with Gasteiger partial charge in [-0.2, -0.15) is 0 Å². The minimum absolute atomic E-state index is 0.0571. The van der Waals surface area contributed by atoms with E-state index in [-0.39, 0.29) is 6.42 Å². The van der Waals surface area contributed by atoms with Gasteiger partial charge in [0.05, 0.1) is 6.42 Å². The number of halogens is 1. The van der Waals surface area contributed by atoms with Crippen molar-refractivity contribution in [1.29, 1.82) is 0 Å². The first-order chi connectivity index (χ1) is 10.1. The lowest BCUT2D eigenvalue weighted by atomic mass is 10.2. The lowest BCUT2D eigenvalue weighted by Gasteiger charge is -2.20. The fourth-order valence-corrected chi connectivity index (χ4v) is 2.86. The van der Waals surface area contributed by atoms with Gasteiger partial charge in [-0.05, 0) is 24.1 Å². The van der Waals surface area contributed by atoms with Gasteiger partial charge in [-0.1, -0.05) is 42.0 Å². The molecule has 7 heteroatoms. The molecule has 0 unspecified atom stereocenters. The number of carbonyl (C=O) groups is 1. The van der Waals surface area contributed by atoms with Crippen molar-refractivity contribution < 1.29 is 9.90 Å². The van der Waals surface area contributed by atoms with E-state index in [9.17, 15) is 4.79 Å². The number of nitrogens with zero attached hydrogens (tertiary/aromatic N) is 3. The number of carboxylic acids is 1. The highest BCUT2D eigenvalue weighted by atomic mass is 35.5. The number of hydrogen-bond donors (Lipinski definition) is 1. The van der Waals surface area contributed by atoms with Crippen LogP contribution in [0, 0.1) is 0 Å². The van der Waals surface area contributed by atoms with Gasteiger partial charge >= 0.3 is 5.97 Å². The minimum atomic E-state index is -0.827. The van der Waals surface area contributed by atoms with Crippen molar-refractivity contribution in [2.45, 2.75) is 26.3 Å². The molecule has 0 aliphatic carbocycles. The Labute approximate surface area is 132 Å². The van der Waals surface area contributed by atoms with Crippen LogP contribution in [0.2, 0.25) is 5.02 Å². The molecule has 21 heavy (non-hydrogen) atoms. The zero-order valence-electron chi connectivity index (χ0n) is 11.6. The molecule has 1 aromatic carbocycles. The van der Waals surface area contributed by atoms with Gasteiger partial charge in [0.25, 0.3) is 0 Å². The van der Waals surface area contributed by atoms with Crippen LogP contribution in [-0.2, 0) is 17.8 Å². The Balaban J connectivity index is 2.16. The summed E-state index contributed by atoms with van der Waals surface area (Å²) in [5.74, 6) is -0.827. The third-order valence-corrected chi connectivity index (χ3v) is 4.25. The molecule has 0 atom stereocenters. The monoisotopic (exact) mass is 325 g/mol. The van der Waals surface area contributed by atoms with E-state index in [2.05, 4.69) is 10.2 Å². The van der Waals surface area contributed by atoms with Gasteiger partial charge in [0.1, 0.15) is 5.01 Å². The Kier molecular flexibility index (Phi) is 5.52. The maximum Gasteiger partial charge on any atom is 0.305 e. The van der Waals surface area contributed by atoms with Crippen LogP contribution in [0.3, 0.4) is 0 Å². The van der Waals surface area contributed by atoms with E-state index in [4.69, 9.17) is 16.7 Å². The van der Waals surface area contributed by atoms with Crippen LogP contribution in [0.5, 0.6) is 0 Å². The van der Waals surface area contributed by atoms with Gasteiger partial charge < -0.3 is 10.0 Å². The van der Waals surface area contributed by atoms with Crippen molar-refractivity contribution in [2.24, 2.45) is 0 Å². The van der Waals surface area contributed by atoms with Gasteiger partial charge in [-0.25, -0.2) is 0 Å². The van der Waals surface area contributed by atoms with E-state index >= 15 is 0 Å². The minimum Gasteiger partial charge on any atom is -0.481 e. The average Bonchev–Trinajstić information content (AvgIpc) is 2.92. The van der Waals surface area contributed by atoms with Crippen molar-refractivity contribution in [3.05, 3.63) is 39.9 Å². The largest absolute Gasteiger partial charge is 0.481 e. The predicted octanol–water partition coefficient (Wildman–Crippen LogP) is 3.24. The van der Waals surface area contributed by atoms with Gasteiger partial charge in [0.15, 0.2) is 0 Å². The predicted molar refractivity (Wildman–Crippen MR) is 84.0 cm³/mol. The number of rotatable bonds is 7. The highest BCUT2D eigenvalue weighted by Crippen LogP contribution is 2.23. The molecule has 2 rings (SSSR count). The van der Waals surface area contributed by atoms with Crippen LogP contribution >= 0.6 is 22.9 Å². The van der Waals surface area contributed by atoms with Crippen LogP contribution < -0.4 is 4.90 Å². The first kappa shape index (κ1) is 15.7. The summed E-state index contributed by atoms with van der Waals surface area (Å²) in [5, 5.41) is 19.5. The molecule has 2 aromatic rings. The van der Waals surface area contributed by atoms with Gasteiger partial charge in [0.2, 0.25) is 5.13 Å². The highest BCUT2D eigenvalue weighted by molar-refractivity contribution is 7.15. The third kappa shape index (κ3) is 4.68. The number of benzene rings is 1. The second-order valence-electron chi connectivity index (χ2n) is 4.53. The number of hydrogen-bond acceptors (Lipinski definition) is 5. The zero-order valence-corrected chi connectivity index (χ0v) is 13.2. The van der Waals surface area contributed by atoms with E-state index < -0.39 is 5.97 Å². The van der Waals surface area contributed by atoms with Crippen LogP contribution in [0.4, 0.5) is 5.13 Å². The van der Waals surface area contributed by atoms with Crippen molar-refractivity contribution in [2.75, 3.05) is 11.4 Å². The molecule has 0 saturated carbocycles. The molecule has 0 spiro atoms. The summed E-state index contributed by atoms with van der Waals surface area (Å²) in [5.41, 5.74) is 1.01. The smallest absolute Gasteiger partial charge is 0.305 e. The molecule has 0 amide bonds. The van der Waals surface area contributed by atoms with Crippen molar-refractivity contribution in [1.82, 2.24) is 10.2 Å². The SMILES string of the molecule is CCc1nnc(N(CCC(=O)O)Cc2cccc(Cl)c2)s1. The van der Waals surface area contributed by atoms with Gasteiger partial charge in [-0.15, -0.1) is 10.2 Å². The molecule has 1 aromatic heterocycles. The van der Waals surface area contributed by atoms with Crippen molar-refractivity contribution in [3.8, 4) is 0 Å². The second kappa shape index (κ2) is 7.38. The molecule has 1 N–H and O–H groups in total. The Bertz CT molecular complexity index is 618. The number of anilines is 1. The molecule has 0 radical (unpaired) electrons. The summed E-state index contributed by atoms with van der Waals surface area (Å²) >= 11 is 7.48. The molecule has 1 heterocycles. The van der Waals surface area contributed by atoms with E-state index in [1.165, 1.54) is 11.3 Å². The lowest BCUT2D eigenvalue weighted by molar-refractivity contribution is -0.136. The normalized spacial score (nSPS) is 10.6. The molecule has 112 valence electrons. The Morgan fingerprint density at radius 1 is 1.43 bits per heavy atom. The fourth-order valence-electron chi connectivity index (χ4n) is 1.84. The summed E-state index contributed by atoms with van der Waals surface area (Å²) in [6, 6.07) is 7.52. The van der Waals surface area contributed by atoms with E-state index in [1.807, 2.05) is 36.1 Å². The lowest BCUT2D eigenvalue weighted by Crippen LogP contribution is -2.25. The van der Waals surface area contributed by atoms with Crippen LogP contribution in [0.25, 0.3) is 0 Å². The van der Waals surface area contributed by atoms with Crippen LogP contribution in [0.15, 0.2) is 24.3 Å². The average molecular weight is 326 g/mol. The highest BCUT2D eigenvalue weighted by Gasteiger charge is 2.14. The van der Waals surface area contributed by atoms with Gasteiger partial charge in [-0.3, -0.25) is 4.79 Å². The summed E-state index contributed by atoms with van der Waals surface area (Å²) in [4.78, 5) is 12.7. The number of aromatic nitrogens is 2. The number of aryl methyl sites for hydroxylation is 1. The second-order valence-corrected chi connectivity index (χ2v) is 6.00. The molecule has 0 fully saturated rings. The standard InChI is InChI=1S/C14H16ClN3O2S/c1-2-12-16-17-14(21-12)18(7-6-13(19)20)9-10-4-3-5-11(15)8-10/h3-5,8H,2,6-7,9H2,1H3,(H,19,20). The molecular weight excluding hydrogens is 310 g/mol. The van der Waals surface area contributed by atoms with Gasteiger partial charge in [0, 0.05) is 18.1 Å². The van der Waals surface area contributed by atoms with E-state index in [0.29, 0.717) is 18.1 Å².